The molecule has 0 aliphatic carbocycles. The van der Waals surface area contributed by atoms with Gasteiger partial charge in [-0.1, -0.05) is 43.3 Å². The number of aliphatic hydroxyl groups excluding tert-OH is 1. The van der Waals surface area contributed by atoms with E-state index >= 15 is 0 Å². The number of amides is 1. The average molecular weight is 443 g/mol. The van der Waals surface area contributed by atoms with Gasteiger partial charge < -0.3 is 14.9 Å². The van der Waals surface area contributed by atoms with Gasteiger partial charge in [0.15, 0.2) is 0 Å². The summed E-state index contributed by atoms with van der Waals surface area (Å²) in [5, 5.41) is 21.0. The van der Waals surface area contributed by atoms with Crippen LogP contribution in [0.5, 0.6) is 11.5 Å². The first-order chi connectivity index (χ1) is 15.9. The summed E-state index contributed by atoms with van der Waals surface area (Å²) < 4.78 is 5.66. The average Bonchev–Trinajstić information content (AvgIpc) is 3.08. The van der Waals surface area contributed by atoms with E-state index < -0.39 is 17.7 Å². The van der Waals surface area contributed by atoms with Crippen LogP contribution in [0.1, 0.15) is 36.1 Å². The number of carbonyl (C=O) groups excluding carboxylic acids is 2. The van der Waals surface area contributed by atoms with Crippen LogP contribution in [-0.2, 0) is 9.59 Å². The third-order valence-corrected chi connectivity index (χ3v) is 5.51. The van der Waals surface area contributed by atoms with Crippen molar-refractivity contribution >= 4 is 23.1 Å². The zero-order valence-corrected chi connectivity index (χ0v) is 18.5. The number of benzene rings is 3. The number of phenolic OH excluding ortho intramolecular Hbond substituents is 1. The zero-order chi connectivity index (χ0) is 23.5. The lowest BCUT2D eigenvalue weighted by Crippen LogP contribution is -2.29. The van der Waals surface area contributed by atoms with Gasteiger partial charge in [0.1, 0.15) is 17.3 Å². The van der Waals surface area contributed by atoms with Gasteiger partial charge in [0.05, 0.1) is 18.2 Å². The van der Waals surface area contributed by atoms with Crippen LogP contribution in [0.15, 0.2) is 78.4 Å². The number of Topliss-reactive ketones (excluding diaryl/α,β-unsaturated/α-hetero) is 1. The highest BCUT2D eigenvalue weighted by molar-refractivity contribution is 6.51. The number of nitrogens with zero attached hydrogens (tertiary/aromatic N) is 1. The van der Waals surface area contributed by atoms with Crippen LogP contribution >= 0.6 is 0 Å². The number of aryl methyl sites for hydroxylation is 1. The minimum Gasteiger partial charge on any atom is -0.508 e. The topological polar surface area (TPSA) is 87.1 Å². The first-order valence-electron chi connectivity index (χ1n) is 10.8. The van der Waals surface area contributed by atoms with E-state index in [1.807, 2.05) is 32.0 Å². The van der Waals surface area contributed by atoms with Crippen LogP contribution in [0, 0.1) is 6.92 Å². The number of anilines is 1. The fraction of sp³-hybridized carbons (Fsp3) is 0.185. The molecule has 4 rings (SSSR count). The molecule has 2 N–H and O–H groups in total. The second kappa shape index (κ2) is 9.20. The molecule has 1 unspecified atom stereocenters. The molecule has 0 saturated carbocycles. The van der Waals surface area contributed by atoms with Gasteiger partial charge in [-0.3, -0.25) is 14.5 Å². The third-order valence-electron chi connectivity index (χ3n) is 5.51. The van der Waals surface area contributed by atoms with E-state index in [0.717, 1.165) is 12.0 Å². The standard InChI is InChI=1S/C27H25NO5/c1-3-14-33-22-9-5-7-19(16-22)25(30)23-24(18-10-12-21(29)13-11-18)28(27(32)26(23)31)20-8-4-6-17(2)15-20/h4-13,15-16,24,29-30H,3,14H2,1-2H3/b25-23+. The second-order valence-corrected chi connectivity index (χ2v) is 7.98. The third kappa shape index (κ3) is 4.32. The molecule has 0 spiro atoms. The molecule has 3 aromatic rings. The molecule has 0 aromatic heterocycles. The Hall–Kier alpha value is -4.06. The number of carbonyl (C=O) groups is 2. The van der Waals surface area contributed by atoms with E-state index in [1.54, 1.807) is 42.5 Å². The van der Waals surface area contributed by atoms with Crippen LogP contribution < -0.4 is 9.64 Å². The SMILES string of the molecule is CCCOc1cccc(/C(O)=C2\C(=O)C(=O)N(c3cccc(C)c3)C2c2ccc(O)cc2)c1. The minimum absolute atomic E-state index is 0.0140. The first kappa shape index (κ1) is 22.1. The fourth-order valence-electron chi connectivity index (χ4n) is 3.96. The highest BCUT2D eigenvalue weighted by atomic mass is 16.5. The maximum absolute atomic E-state index is 13.2. The van der Waals surface area contributed by atoms with E-state index in [4.69, 9.17) is 4.74 Å². The summed E-state index contributed by atoms with van der Waals surface area (Å²) in [6, 6.07) is 19.5. The molecule has 168 valence electrons. The number of hydrogen-bond acceptors (Lipinski definition) is 5. The number of rotatable bonds is 6. The Kier molecular flexibility index (Phi) is 6.18. The summed E-state index contributed by atoms with van der Waals surface area (Å²) in [6.07, 6.45) is 0.832. The van der Waals surface area contributed by atoms with Crippen LogP contribution in [-0.4, -0.2) is 28.5 Å². The van der Waals surface area contributed by atoms with E-state index in [0.29, 0.717) is 29.2 Å². The Morgan fingerprint density at radius 2 is 1.73 bits per heavy atom. The molecular formula is C27H25NO5. The van der Waals surface area contributed by atoms with E-state index in [-0.39, 0.29) is 17.1 Å². The Labute approximate surface area is 192 Å². The van der Waals surface area contributed by atoms with Crippen molar-refractivity contribution < 1.29 is 24.5 Å². The molecule has 0 bridgehead atoms. The molecule has 1 aliphatic heterocycles. The van der Waals surface area contributed by atoms with Gasteiger partial charge in [-0.25, -0.2) is 0 Å². The summed E-state index contributed by atoms with van der Waals surface area (Å²) in [6.45, 7) is 4.42. The smallest absolute Gasteiger partial charge is 0.300 e. The van der Waals surface area contributed by atoms with E-state index in [1.165, 1.54) is 17.0 Å². The van der Waals surface area contributed by atoms with E-state index in [2.05, 4.69) is 0 Å². The van der Waals surface area contributed by atoms with Gasteiger partial charge in [-0.15, -0.1) is 0 Å². The molecule has 6 heteroatoms. The minimum atomic E-state index is -0.854. The summed E-state index contributed by atoms with van der Waals surface area (Å²) in [4.78, 5) is 27.8. The number of aromatic hydroxyl groups is 1. The predicted octanol–water partition coefficient (Wildman–Crippen LogP) is 5.12. The van der Waals surface area contributed by atoms with Gasteiger partial charge in [-0.2, -0.15) is 0 Å². The molecule has 1 heterocycles. The van der Waals surface area contributed by atoms with Crippen molar-refractivity contribution in [1.29, 1.82) is 0 Å². The number of ether oxygens (including phenoxy) is 1. The quantitative estimate of drug-likeness (QED) is 0.314. The van der Waals surface area contributed by atoms with Gasteiger partial charge >= 0.3 is 0 Å². The number of ketones is 1. The van der Waals surface area contributed by atoms with Crippen molar-refractivity contribution in [2.24, 2.45) is 0 Å². The number of hydrogen-bond donors (Lipinski definition) is 2. The van der Waals surface area contributed by atoms with Crippen molar-refractivity contribution in [3.63, 3.8) is 0 Å². The van der Waals surface area contributed by atoms with Crippen LogP contribution in [0.2, 0.25) is 0 Å². The predicted molar refractivity (Wildman–Crippen MR) is 126 cm³/mol. The maximum Gasteiger partial charge on any atom is 0.300 e. The molecule has 1 fully saturated rings. The Morgan fingerprint density at radius 1 is 1.00 bits per heavy atom. The van der Waals surface area contributed by atoms with Crippen LogP contribution in [0.4, 0.5) is 5.69 Å². The monoisotopic (exact) mass is 443 g/mol. The van der Waals surface area contributed by atoms with Gasteiger partial charge in [0.2, 0.25) is 0 Å². The van der Waals surface area contributed by atoms with Crippen LogP contribution in [0.25, 0.3) is 5.76 Å². The fourth-order valence-corrected chi connectivity index (χ4v) is 3.96. The molecule has 1 aliphatic rings. The highest BCUT2D eigenvalue weighted by Crippen LogP contribution is 2.42. The lowest BCUT2D eigenvalue weighted by atomic mass is 9.95. The lowest BCUT2D eigenvalue weighted by Gasteiger charge is -2.25. The van der Waals surface area contributed by atoms with Crippen LogP contribution in [0.3, 0.4) is 0 Å². The van der Waals surface area contributed by atoms with Crippen molar-refractivity contribution in [3.05, 3.63) is 95.1 Å². The number of aliphatic hydroxyl groups is 1. The molecule has 1 saturated heterocycles. The van der Waals surface area contributed by atoms with Gasteiger partial charge in [0.25, 0.3) is 11.7 Å². The Bertz CT molecular complexity index is 1230. The largest absolute Gasteiger partial charge is 0.508 e. The Morgan fingerprint density at radius 3 is 2.42 bits per heavy atom. The van der Waals surface area contributed by atoms with Crippen molar-refractivity contribution in [1.82, 2.24) is 0 Å². The zero-order valence-electron chi connectivity index (χ0n) is 18.5. The lowest BCUT2D eigenvalue weighted by molar-refractivity contribution is -0.132. The summed E-state index contributed by atoms with van der Waals surface area (Å²) in [5.74, 6) is -1.14. The molecule has 3 aromatic carbocycles. The summed E-state index contributed by atoms with van der Waals surface area (Å²) in [7, 11) is 0. The molecule has 0 radical (unpaired) electrons. The highest BCUT2D eigenvalue weighted by Gasteiger charge is 2.47. The summed E-state index contributed by atoms with van der Waals surface area (Å²) in [5.41, 5.74) is 2.44. The van der Waals surface area contributed by atoms with Crippen molar-refractivity contribution in [2.45, 2.75) is 26.3 Å². The molecule has 6 nitrogen and oxygen atoms in total. The van der Waals surface area contributed by atoms with Crippen molar-refractivity contribution in [3.8, 4) is 11.5 Å². The molecular weight excluding hydrogens is 418 g/mol. The van der Waals surface area contributed by atoms with E-state index in [9.17, 15) is 19.8 Å². The molecule has 1 atom stereocenters. The Balaban J connectivity index is 1.89. The van der Waals surface area contributed by atoms with Gasteiger partial charge in [-0.05, 0) is 60.9 Å². The maximum atomic E-state index is 13.2. The molecule has 1 amide bonds. The first-order valence-corrected chi connectivity index (χ1v) is 10.8. The molecule has 33 heavy (non-hydrogen) atoms. The number of phenols is 1. The summed E-state index contributed by atoms with van der Waals surface area (Å²) >= 11 is 0. The van der Waals surface area contributed by atoms with Gasteiger partial charge in [0, 0.05) is 11.3 Å². The van der Waals surface area contributed by atoms with Crippen molar-refractivity contribution in [2.75, 3.05) is 11.5 Å². The normalized spacial score (nSPS) is 17.4. The second-order valence-electron chi connectivity index (χ2n) is 7.98.